The fourth-order valence-corrected chi connectivity index (χ4v) is 4.73. The van der Waals surface area contributed by atoms with Crippen molar-refractivity contribution in [2.24, 2.45) is 17.6 Å². The molecule has 2 aliphatic carbocycles. The van der Waals surface area contributed by atoms with Gasteiger partial charge in [-0.3, -0.25) is 4.90 Å². The van der Waals surface area contributed by atoms with Gasteiger partial charge in [-0.05, 0) is 48.6 Å². The van der Waals surface area contributed by atoms with E-state index in [1.807, 2.05) is 0 Å². The lowest BCUT2D eigenvalue weighted by atomic mass is 9.84. The summed E-state index contributed by atoms with van der Waals surface area (Å²) >= 11 is 0. The van der Waals surface area contributed by atoms with Crippen molar-refractivity contribution in [3.05, 3.63) is 35.4 Å². The number of hydrogen-bond donors (Lipinski definition) is 1. The first-order valence-corrected chi connectivity index (χ1v) is 7.90. The van der Waals surface area contributed by atoms with Gasteiger partial charge in [0.25, 0.3) is 0 Å². The topological polar surface area (TPSA) is 29.3 Å². The first kappa shape index (κ1) is 11.9. The smallest absolute Gasteiger partial charge is 0.0455 e. The number of rotatable bonds is 1. The Balaban J connectivity index is 1.54. The third-order valence-electron chi connectivity index (χ3n) is 5.76. The molecular weight excluding hydrogens is 232 g/mol. The summed E-state index contributed by atoms with van der Waals surface area (Å²) in [6.45, 7) is 2.62. The second-order valence-electron chi connectivity index (χ2n) is 6.74. The Hall–Kier alpha value is -0.860. The van der Waals surface area contributed by atoms with Crippen LogP contribution in [0.4, 0.5) is 0 Å². The third kappa shape index (κ3) is 1.93. The Morgan fingerprint density at radius 2 is 1.74 bits per heavy atom. The molecule has 0 aromatic heterocycles. The van der Waals surface area contributed by atoms with Crippen LogP contribution in [0.5, 0.6) is 0 Å². The predicted molar refractivity (Wildman–Crippen MR) is 77.9 cm³/mol. The van der Waals surface area contributed by atoms with Crippen LogP contribution in [-0.2, 0) is 6.42 Å². The molecule has 1 saturated heterocycles. The number of nitrogens with zero attached hydrogens (tertiary/aromatic N) is 1. The summed E-state index contributed by atoms with van der Waals surface area (Å²) in [5.41, 5.74) is 9.46. The summed E-state index contributed by atoms with van der Waals surface area (Å²) in [7, 11) is 0. The van der Waals surface area contributed by atoms with E-state index in [1.165, 1.54) is 56.3 Å². The number of hydrogen-bond acceptors (Lipinski definition) is 2. The second kappa shape index (κ2) is 4.60. The maximum absolute atomic E-state index is 6.58. The fraction of sp³-hybridized carbons (Fsp3) is 0.647. The van der Waals surface area contributed by atoms with Crippen molar-refractivity contribution < 1.29 is 0 Å². The maximum Gasteiger partial charge on any atom is 0.0455 e. The van der Waals surface area contributed by atoms with Crippen LogP contribution in [0.25, 0.3) is 0 Å². The monoisotopic (exact) mass is 256 g/mol. The minimum Gasteiger partial charge on any atom is -0.323 e. The highest BCUT2D eigenvalue weighted by molar-refractivity contribution is 5.33. The highest BCUT2D eigenvalue weighted by Gasteiger charge is 2.41. The van der Waals surface area contributed by atoms with E-state index in [0.717, 1.165) is 11.8 Å². The minimum atomic E-state index is 0.226. The van der Waals surface area contributed by atoms with Crippen LogP contribution in [0.3, 0.4) is 0 Å². The van der Waals surface area contributed by atoms with Gasteiger partial charge < -0.3 is 5.73 Å². The third-order valence-corrected chi connectivity index (χ3v) is 5.76. The summed E-state index contributed by atoms with van der Waals surface area (Å²) in [6.07, 6.45) is 6.83. The molecule has 1 aliphatic heterocycles. The van der Waals surface area contributed by atoms with Gasteiger partial charge in [0.05, 0.1) is 0 Å². The zero-order valence-electron chi connectivity index (χ0n) is 11.6. The van der Waals surface area contributed by atoms with Crippen LogP contribution >= 0.6 is 0 Å². The summed E-state index contributed by atoms with van der Waals surface area (Å²) in [4.78, 5) is 2.72. The molecule has 0 spiro atoms. The van der Waals surface area contributed by atoms with Gasteiger partial charge in [-0.2, -0.15) is 0 Å². The quantitative estimate of drug-likeness (QED) is 0.837. The van der Waals surface area contributed by atoms with Gasteiger partial charge in [-0.25, -0.2) is 0 Å². The van der Waals surface area contributed by atoms with Gasteiger partial charge >= 0.3 is 0 Å². The highest BCUT2D eigenvalue weighted by atomic mass is 15.2. The van der Waals surface area contributed by atoms with Gasteiger partial charge in [0, 0.05) is 25.2 Å². The zero-order valence-corrected chi connectivity index (χ0v) is 11.6. The van der Waals surface area contributed by atoms with Crippen molar-refractivity contribution >= 4 is 0 Å². The second-order valence-corrected chi connectivity index (χ2v) is 6.74. The summed E-state index contributed by atoms with van der Waals surface area (Å²) in [6, 6.07) is 9.59. The lowest BCUT2D eigenvalue weighted by Crippen LogP contribution is -2.44. The van der Waals surface area contributed by atoms with E-state index in [-0.39, 0.29) is 6.04 Å². The average molecular weight is 256 g/mol. The number of nitrogens with two attached hydrogens (primary N) is 1. The summed E-state index contributed by atoms with van der Waals surface area (Å²) in [5, 5.41) is 0. The van der Waals surface area contributed by atoms with Crippen LogP contribution in [0.2, 0.25) is 0 Å². The molecule has 1 saturated carbocycles. The Labute approximate surface area is 116 Å². The molecule has 2 fully saturated rings. The van der Waals surface area contributed by atoms with Crippen molar-refractivity contribution in [1.82, 2.24) is 4.90 Å². The lowest BCUT2D eigenvalue weighted by molar-refractivity contribution is 0.178. The largest absolute Gasteiger partial charge is 0.323 e. The molecule has 0 radical (unpaired) electrons. The van der Waals surface area contributed by atoms with Crippen molar-refractivity contribution in [3.63, 3.8) is 0 Å². The Morgan fingerprint density at radius 3 is 2.53 bits per heavy atom. The summed E-state index contributed by atoms with van der Waals surface area (Å²) < 4.78 is 0. The SMILES string of the molecule is NC1c2ccccc2CCC1N1CC2CCCC2C1. The fourth-order valence-electron chi connectivity index (χ4n) is 4.73. The molecule has 1 aromatic rings. The van der Waals surface area contributed by atoms with Crippen LogP contribution < -0.4 is 5.73 Å². The van der Waals surface area contributed by atoms with Crippen molar-refractivity contribution in [1.29, 1.82) is 0 Å². The number of aryl methyl sites for hydroxylation is 1. The standard InChI is InChI=1S/C17H24N2/c18-17-15-7-2-1-4-12(15)8-9-16(17)19-10-13-5-3-6-14(13)11-19/h1-2,4,7,13-14,16-17H,3,5-6,8-11,18H2. The van der Waals surface area contributed by atoms with Gasteiger partial charge in [-0.15, -0.1) is 0 Å². The number of likely N-dealkylation sites (tertiary alicyclic amines) is 1. The summed E-state index contributed by atoms with van der Waals surface area (Å²) in [5.74, 6) is 1.95. The van der Waals surface area contributed by atoms with Gasteiger partial charge in [-0.1, -0.05) is 30.7 Å². The van der Waals surface area contributed by atoms with Gasteiger partial charge in [0.1, 0.15) is 0 Å². The van der Waals surface area contributed by atoms with E-state index >= 15 is 0 Å². The molecule has 4 rings (SSSR count). The van der Waals surface area contributed by atoms with Crippen LogP contribution in [0.1, 0.15) is 42.9 Å². The van der Waals surface area contributed by atoms with E-state index in [4.69, 9.17) is 5.73 Å². The van der Waals surface area contributed by atoms with E-state index in [1.54, 1.807) is 0 Å². The Kier molecular flexibility index (Phi) is 2.89. The van der Waals surface area contributed by atoms with Crippen molar-refractivity contribution in [2.45, 2.75) is 44.2 Å². The van der Waals surface area contributed by atoms with Gasteiger partial charge in [0.2, 0.25) is 0 Å². The molecular formula is C17H24N2. The van der Waals surface area contributed by atoms with E-state index in [9.17, 15) is 0 Å². The molecule has 4 atom stereocenters. The highest BCUT2D eigenvalue weighted by Crippen LogP contribution is 2.41. The molecule has 2 nitrogen and oxygen atoms in total. The Morgan fingerprint density at radius 1 is 1.00 bits per heavy atom. The molecule has 1 aromatic carbocycles. The normalized spacial score (nSPS) is 38.2. The first-order valence-electron chi connectivity index (χ1n) is 7.90. The van der Waals surface area contributed by atoms with Crippen LogP contribution in [-0.4, -0.2) is 24.0 Å². The number of fused-ring (bicyclic) bond motifs is 2. The van der Waals surface area contributed by atoms with Crippen molar-refractivity contribution in [2.75, 3.05) is 13.1 Å². The van der Waals surface area contributed by atoms with E-state index in [0.29, 0.717) is 6.04 Å². The molecule has 3 aliphatic rings. The molecule has 0 amide bonds. The molecule has 19 heavy (non-hydrogen) atoms. The molecule has 1 heterocycles. The van der Waals surface area contributed by atoms with Crippen molar-refractivity contribution in [3.8, 4) is 0 Å². The van der Waals surface area contributed by atoms with E-state index in [2.05, 4.69) is 29.2 Å². The zero-order chi connectivity index (χ0) is 12.8. The maximum atomic E-state index is 6.58. The average Bonchev–Trinajstić information content (AvgIpc) is 3.00. The van der Waals surface area contributed by atoms with Crippen LogP contribution in [0.15, 0.2) is 24.3 Å². The predicted octanol–water partition coefficient (Wildman–Crippen LogP) is 2.73. The van der Waals surface area contributed by atoms with Gasteiger partial charge in [0.15, 0.2) is 0 Å². The lowest BCUT2D eigenvalue weighted by Gasteiger charge is -2.37. The molecule has 0 bridgehead atoms. The first-order chi connectivity index (χ1) is 9.33. The van der Waals surface area contributed by atoms with E-state index < -0.39 is 0 Å². The minimum absolute atomic E-state index is 0.226. The molecule has 2 heteroatoms. The molecule has 4 unspecified atom stereocenters. The number of benzene rings is 1. The Bertz CT molecular complexity index is 458. The molecule has 102 valence electrons. The van der Waals surface area contributed by atoms with Crippen LogP contribution in [0, 0.1) is 11.8 Å². The molecule has 2 N–H and O–H groups in total.